The quantitative estimate of drug-likeness (QED) is 0.509. The molecule has 2 fully saturated rings. The average Bonchev–Trinajstić information content (AvgIpc) is 2.69. The van der Waals surface area contributed by atoms with Crippen molar-refractivity contribution >= 4 is 0 Å². The van der Waals surface area contributed by atoms with Gasteiger partial charge in [0.2, 0.25) is 0 Å². The molecule has 2 saturated carbocycles. The molecule has 0 radical (unpaired) electrons. The summed E-state index contributed by atoms with van der Waals surface area (Å²) in [5.41, 5.74) is 3.91. The molecule has 2 bridgehead atoms. The Morgan fingerprint density at radius 1 is 1.33 bits per heavy atom. The summed E-state index contributed by atoms with van der Waals surface area (Å²) in [4.78, 5) is 0. The van der Waals surface area contributed by atoms with E-state index in [-0.39, 0.29) is 11.8 Å². The van der Waals surface area contributed by atoms with Crippen LogP contribution in [0.1, 0.15) is 61.1 Å². The first-order chi connectivity index (χ1) is 7.42. The van der Waals surface area contributed by atoms with Gasteiger partial charge in [-0.1, -0.05) is 31.9 Å². The van der Waals surface area contributed by atoms with E-state index in [1.54, 1.807) is 11.1 Å². The minimum atomic E-state index is 0.179. The maximum Gasteiger partial charge on any atom is 0.0279 e. The summed E-state index contributed by atoms with van der Waals surface area (Å²) < 4.78 is 8.71. The largest absolute Gasteiger partial charge is 0.0676 e. The van der Waals surface area contributed by atoms with Gasteiger partial charge in [0.05, 0.1) is 0 Å². The van der Waals surface area contributed by atoms with E-state index in [0.29, 0.717) is 11.3 Å². The van der Waals surface area contributed by atoms with Gasteiger partial charge in [0, 0.05) is 1.37 Å². The highest BCUT2D eigenvalue weighted by atomic mass is 14.6. The van der Waals surface area contributed by atoms with Crippen LogP contribution in [0, 0.1) is 22.7 Å². The predicted octanol–water partition coefficient (Wildman–Crippen LogP) is 4.56. The molecular formula is C15H24. The maximum absolute atomic E-state index is 8.71. The number of allylic oxidation sites excluding steroid dienone is 2. The molecule has 84 valence electrons. The van der Waals surface area contributed by atoms with Gasteiger partial charge in [-0.15, -0.1) is 0 Å². The van der Waals surface area contributed by atoms with E-state index in [2.05, 4.69) is 27.7 Å². The molecule has 4 atom stereocenters. The van der Waals surface area contributed by atoms with Gasteiger partial charge < -0.3 is 0 Å². The molecule has 0 saturated heterocycles. The lowest BCUT2D eigenvalue weighted by Gasteiger charge is -2.44. The highest BCUT2D eigenvalue weighted by molar-refractivity contribution is 5.36. The van der Waals surface area contributed by atoms with Crippen LogP contribution in [0.2, 0.25) is 0 Å². The Kier molecular flexibility index (Phi) is 1.59. The number of hydrogen-bond donors (Lipinski definition) is 0. The summed E-state index contributed by atoms with van der Waals surface area (Å²) in [6.07, 6.45) is 5.36. The lowest BCUT2D eigenvalue weighted by atomic mass is 9.61. The summed E-state index contributed by atoms with van der Waals surface area (Å²) in [7, 11) is 0. The van der Waals surface area contributed by atoms with E-state index in [9.17, 15) is 0 Å². The van der Waals surface area contributed by atoms with Gasteiger partial charge >= 0.3 is 0 Å². The van der Waals surface area contributed by atoms with Crippen LogP contribution in [-0.4, -0.2) is 0 Å². The van der Waals surface area contributed by atoms with E-state index in [1.807, 2.05) is 0 Å². The average molecular weight is 205 g/mol. The van der Waals surface area contributed by atoms with Gasteiger partial charge in [-0.3, -0.25) is 0 Å². The maximum atomic E-state index is 8.71. The third-order valence-corrected chi connectivity index (χ3v) is 5.98. The molecule has 0 aromatic heterocycles. The zero-order valence-electron chi connectivity index (χ0n) is 11.6. The van der Waals surface area contributed by atoms with Gasteiger partial charge in [-0.05, 0) is 61.7 Å². The lowest BCUT2D eigenvalue weighted by molar-refractivity contribution is 0.183. The first kappa shape index (κ1) is 8.84. The fraction of sp³-hybridized carbons (Fsp3) is 0.867. The van der Waals surface area contributed by atoms with Crippen LogP contribution in [0.5, 0.6) is 0 Å². The second kappa shape index (κ2) is 2.70. The Hall–Kier alpha value is -0.260. The fourth-order valence-electron chi connectivity index (χ4n) is 4.50. The number of fused-ring (bicyclic) bond motifs is 1. The van der Waals surface area contributed by atoms with Crippen LogP contribution in [0.15, 0.2) is 11.1 Å². The van der Waals surface area contributed by atoms with E-state index in [4.69, 9.17) is 1.37 Å². The SMILES string of the molecule is [2H][C@H]1[C@@H]2CC[C@@]13C(=C(C)C2(C)C)CC[C@@H]3C. The van der Waals surface area contributed by atoms with Crippen LogP contribution in [0.4, 0.5) is 0 Å². The predicted molar refractivity (Wildman–Crippen MR) is 64.7 cm³/mol. The van der Waals surface area contributed by atoms with Crippen LogP contribution in [0.3, 0.4) is 0 Å². The van der Waals surface area contributed by atoms with E-state index >= 15 is 0 Å². The molecule has 0 unspecified atom stereocenters. The summed E-state index contributed by atoms with van der Waals surface area (Å²) in [5.74, 6) is 1.36. The molecule has 0 heteroatoms. The molecule has 0 heterocycles. The fourth-order valence-corrected chi connectivity index (χ4v) is 4.50. The Labute approximate surface area is 95.5 Å². The third-order valence-electron chi connectivity index (χ3n) is 5.98. The van der Waals surface area contributed by atoms with Crippen molar-refractivity contribution in [1.82, 2.24) is 0 Å². The van der Waals surface area contributed by atoms with Crippen molar-refractivity contribution in [3.05, 3.63) is 11.1 Å². The van der Waals surface area contributed by atoms with Crippen LogP contribution in [0.25, 0.3) is 0 Å². The minimum Gasteiger partial charge on any atom is -0.0676 e. The van der Waals surface area contributed by atoms with Gasteiger partial charge in [0.1, 0.15) is 0 Å². The van der Waals surface area contributed by atoms with Crippen molar-refractivity contribution in [1.29, 1.82) is 0 Å². The Morgan fingerprint density at radius 2 is 2.07 bits per heavy atom. The molecule has 15 heavy (non-hydrogen) atoms. The molecule has 0 aromatic rings. The third kappa shape index (κ3) is 0.990. The molecule has 0 aliphatic heterocycles. The molecule has 3 aliphatic rings. The minimum absolute atomic E-state index is 0.179. The van der Waals surface area contributed by atoms with Gasteiger partial charge in [-0.2, -0.15) is 0 Å². The second-order valence-corrected chi connectivity index (χ2v) is 6.62. The van der Waals surface area contributed by atoms with Crippen LogP contribution in [-0.2, 0) is 0 Å². The van der Waals surface area contributed by atoms with Crippen LogP contribution >= 0.6 is 0 Å². The molecule has 0 N–H and O–H groups in total. The molecule has 3 aliphatic carbocycles. The first-order valence-electron chi connectivity index (χ1n) is 7.13. The van der Waals surface area contributed by atoms with E-state index in [1.165, 1.54) is 25.7 Å². The van der Waals surface area contributed by atoms with Crippen molar-refractivity contribution in [2.24, 2.45) is 22.7 Å². The Bertz CT molecular complexity index is 366. The van der Waals surface area contributed by atoms with Gasteiger partial charge in [0.15, 0.2) is 0 Å². The Balaban J connectivity index is 2.23. The van der Waals surface area contributed by atoms with Crippen molar-refractivity contribution in [3.63, 3.8) is 0 Å². The van der Waals surface area contributed by atoms with Crippen LogP contribution < -0.4 is 0 Å². The molecule has 0 amide bonds. The summed E-state index contributed by atoms with van der Waals surface area (Å²) in [5, 5.41) is 0. The van der Waals surface area contributed by atoms with Gasteiger partial charge in [-0.25, -0.2) is 0 Å². The highest BCUT2D eigenvalue weighted by Gasteiger charge is 2.56. The highest BCUT2D eigenvalue weighted by Crippen LogP contribution is 2.67. The lowest BCUT2D eigenvalue weighted by Crippen LogP contribution is -2.34. The van der Waals surface area contributed by atoms with Crippen molar-refractivity contribution in [2.75, 3.05) is 0 Å². The topological polar surface area (TPSA) is 0 Å². The zero-order valence-corrected chi connectivity index (χ0v) is 10.6. The van der Waals surface area contributed by atoms with Crippen molar-refractivity contribution in [3.8, 4) is 0 Å². The number of rotatable bonds is 0. The van der Waals surface area contributed by atoms with Gasteiger partial charge in [0.25, 0.3) is 0 Å². The normalized spacial score (nSPS) is 53.1. The Morgan fingerprint density at radius 3 is 2.80 bits per heavy atom. The van der Waals surface area contributed by atoms with Crippen molar-refractivity contribution < 1.29 is 1.37 Å². The zero-order chi connectivity index (χ0) is 11.7. The smallest absolute Gasteiger partial charge is 0.0279 e. The molecular weight excluding hydrogens is 180 g/mol. The second-order valence-electron chi connectivity index (χ2n) is 6.62. The summed E-state index contributed by atoms with van der Waals surface area (Å²) in [6, 6.07) is 0. The van der Waals surface area contributed by atoms with E-state index < -0.39 is 0 Å². The first-order valence-corrected chi connectivity index (χ1v) is 6.55. The monoisotopic (exact) mass is 205 g/mol. The molecule has 0 nitrogen and oxygen atoms in total. The van der Waals surface area contributed by atoms with E-state index in [0.717, 1.165) is 5.92 Å². The molecule has 0 aromatic carbocycles. The number of hydrogen-bond acceptors (Lipinski definition) is 0. The standard InChI is InChI=1S/C15H24/c1-10-5-6-13-11(2)14(3,4)12-7-8-15(10,13)9-12/h10,12H,5-9H2,1-4H3/t10-,12-,15+/m0/s1/i9D/t9-,10-,12-,15+. The summed E-state index contributed by atoms with van der Waals surface area (Å²) >= 11 is 0. The molecule has 3 rings (SSSR count). The van der Waals surface area contributed by atoms with Crippen molar-refractivity contribution in [2.45, 2.75) is 59.8 Å². The molecule has 1 spiro atoms. The summed E-state index contributed by atoms with van der Waals surface area (Å²) in [6.45, 7) is 9.49.